The number of rotatable bonds is 3. The van der Waals surface area contributed by atoms with E-state index in [1.807, 2.05) is 6.07 Å². The van der Waals surface area contributed by atoms with Crippen molar-refractivity contribution in [3.05, 3.63) is 69.2 Å². The summed E-state index contributed by atoms with van der Waals surface area (Å²) in [5.41, 5.74) is -1.56. The van der Waals surface area contributed by atoms with Crippen molar-refractivity contribution in [2.24, 2.45) is 0 Å². The highest BCUT2D eigenvalue weighted by molar-refractivity contribution is 6.30. The molecule has 24 heavy (non-hydrogen) atoms. The Kier molecular flexibility index (Phi) is 4.91. The number of methoxy groups -OCH3 is 1. The van der Waals surface area contributed by atoms with Gasteiger partial charge in [-0.1, -0.05) is 23.7 Å². The zero-order chi connectivity index (χ0) is 18.1. The van der Waals surface area contributed by atoms with Crippen LogP contribution in [0.1, 0.15) is 34.0 Å². The number of ether oxygens (including phenoxy) is 1. The predicted octanol–water partition coefficient (Wildman–Crippen LogP) is 4.54. The average molecular weight is 350 g/mol. The fourth-order valence-electron chi connectivity index (χ4n) is 2.75. The smallest absolute Gasteiger partial charge is 0.338 e. The molecule has 1 atom stereocenters. The number of carbonyl (C=O) groups is 1. The van der Waals surface area contributed by atoms with Crippen LogP contribution in [-0.4, -0.2) is 13.1 Å². The summed E-state index contributed by atoms with van der Waals surface area (Å²) in [5, 5.41) is 9.60. The average Bonchev–Trinajstić information content (AvgIpc) is 2.58. The summed E-state index contributed by atoms with van der Waals surface area (Å²) in [5.74, 6) is -2.14. The van der Waals surface area contributed by atoms with Crippen molar-refractivity contribution in [2.75, 3.05) is 7.11 Å². The van der Waals surface area contributed by atoms with Gasteiger partial charge in [-0.05, 0) is 43.2 Å². The van der Waals surface area contributed by atoms with Crippen LogP contribution in [0.4, 0.5) is 8.78 Å². The van der Waals surface area contributed by atoms with Gasteiger partial charge in [-0.15, -0.1) is 0 Å². The maximum atomic E-state index is 14.5. The number of halogens is 3. The Labute approximate surface area is 143 Å². The fourth-order valence-corrected chi connectivity index (χ4v) is 2.93. The van der Waals surface area contributed by atoms with Crippen molar-refractivity contribution in [3.63, 3.8) is 0 Å². The largest absolute Gasteiger partial charge is 0.465 e. The van der Waals surface area contributed by atoms with Gasteiger partial charge in [-0.2, -0.15) is 5.26 Å². The number of hydrogen-bond acceptors (Lipinski definition) is 3. The molecule has 0 aliphatic carbocycles. The minimum atomic E-state index is -1.63. The third kappa shape index (κ3) is 2.74. The van der Waals surface area contributed by atoms with Gasteiger partial charge in [0, 0.05) is 5.56 Å². The van der Waals surface area contributed by atoms with Crippen LogP contribution >= 0.6 is 11.6 Å². The normalized spacial score (nSPS) is 13.0. The molecule has 0 radical (unpaired) electrons. The summed E-state index contributed by atoms with van der Waals surface area (Å²) >= 11 is 5.81. The maximum absolute atomic E-state index is 14.5. The lowest BCUT2D eigenvalue weighted by Gasteiger charge is -2.27. The zero-order valence-corrected chi connectivity index (χ0v) is 14.0. The molecule has 2 rings (SSSR count). The molecule has 0 aromatic heterocycles. The van der Waals surface area contributed by atoms with Crippen molar-refractivity contribution in [2.45, 2.75) is 19.3 Å². The van der Waals surface area contributed by atoms with Crippen molar-refractivity contribution in [1.29, 1.82) is 5.26 Å². The molecule has 3 nitrogen and oxygen atoms in total. The standard InChI is InChI=1S/C18H14ClF2NO2/c1-10-14(20)8-7-11(17(23)24-3)15(10)18(2,9-22)12-5-4-6-13(19)16(12)21/h4-8H,1-3H3. The van der Waals surface area contributed by atoms with Gasteiger partial charge in [0.05, 0.1) is 23.8 Å². The molecular formula is C18H14ClF2NO2. The monoisotopic (exact) mass is 349 g/mol. The van der Waals surface area contributed by atoms with Crippen LogP contribution in [0, 0.1) is 29.9 Å². The van der Waals surface area contributed by atoms with Crippen molar-refractivity contribution < 1.29 is 18.3 Å². The number of nitrogens with zero attached hydrogens (tertiary/aromatic N) is 1. The first-order valence-electron chi connectivity index (χ1n) is 7.01. The van der Waals surface area contributed by atoms with E-state index < -0.39 is 23.0 Å². The van der Waals surface area contributed by atoms with E-state index in [-0.39, 0.29) is 27.3 Å². The third-order valence-electron chi connectivity index (χ3n) is 4.02. The lowest BCUT2D eigenvalue weighted by Crippen LogP contribution is -2.28. The lowest BCUT2D eigenvalue weighted by molar-refractivity contribution is 0.0598. The van der Waals surface area contributed by atoms with Gasteiger partial charge in [-0.25, -0.2) is 13.6 Å². The van der Waals surface area contributed by atoms with E-state index in [0.29, 0.717) is 0 Å². The van der Waals surface area contributed by atoms with Crippen LogP contribution in [0.15, 0.2) is 30.3 Å². The molecule has 0 aliphatic heterocycles. The van der Waals surface area contributed by atoms with E-state index in [1.165, 1.54) is 45.2 Å². The van der Waals surface area contributed by atoms with Crippen LogP contribution in [0.2, 0.25) is 5.02 Å². The molecule has 0 saturated heterocycles. The summed E-state index contributed by atoms with van der Waals surface area (Å²) in [6.07, 6.45) is 0. The first kappa shape index (κ1) is 17.9. The topological polar surface area (TPSA) is 50.1 Å². The quantitative estimate of drug-likeness (QED) is 0.764. The van der Waals surface area contributed by atoms with E-state index in [0.717, 1.165) is 6.07 Å². The molecule has 0 bridgehead atoms. The van der Waals surface area contributed by atoms with Gasteiger partial charge in [0.2, 0.25) is 0 Å². The van der Waals surface area contributed by atoms with E-state index in [9.17, 15) is 18.8 Å². The lowest BCUT2D eigenvalue weighted by atomic mass is 9.73. The van der Waals surface area contributed by atoms with E-state index in [1.54, 1.807) is 0 Å². The Morgan fingerprint density at radius 1 is 1.29 bits per heavy atom. The molecular weight excluding hydrogens is 336 g/mol. The van der Waals surface area contributed by atoms with Crippen LogP contribution in [0.3, 0.4) is 0 Å². The summed E-state index contributed by atoms with van der Waals surface area (Å²) in [7, 11) is 1.18. The third-order valence-corrected chi connectivity index (χ3v) is 4.31. The molecule has 0 spiro atoms. The van der Waals surface area contributed by atoms with Gasteiger partial charge < -0.3 is 4.74 Å². The Bertz CT molecular complexity index is 861. The highest BCUT2D eigenvalue weighted by Crippen LogP contribution is 2.39. The molecule has 0 amide bonds. The highest BCUT2D eigenvalue weighted by Gasteiger charge is 2.38. The Morgan fingerprint density at radius 2 is 1.96 bits per heavy atom. The molecule has 0 aliphatic rings. The van der Waals surface area contributed by atoms with Gasteiger partial charge in [0.15, 0.2) is 0 Å². The van der Waals surface area contributed by atoms with Crippen molar-refractivity contribution in [3.8, 4) is 6.07 Å². The molecule has 0 fully saturated rings. The fraction of sp³-hybridized carbons (Fsp3) is 0.222. The number of carbonyl (C=O) groups excluding carboxylic acids is 1. The van der Waals surface area contributed by atoms with Gasteiger partial charge >= 0.3 is 5.97 Å². The summed E-state index contributed by atoms with van der Waals surface area (Å²) in [4.78, 5) is 12.1. The number of nitriles is 1. The number of benzene rings is 2. The SMILES string of the molecule is COC(=O)c1ccc(F)c(C)c1C(C)(C#N)c1cccc(Cl)c1F. The number of hydrogen-bond donors (Lipinski definition) is 0. The Hall–Kier alpha value is -2.45. The van der Waals surface area contributed by atoms with Crippen LogP contribution in [0.25, 0.3) is 0 Å². The molecule has 1 unspecified atom stereocenters. The maximum Gasteiger partial charge on any atom is 0.338 e. The molecule has 0 heterocycles. The Balaban J connectivity index is 2.90. The minimum Gasteiger partial charge on any atom is -0.465 e. The van der Waals surface area contributed by atoms with Crippen molar-refractivity contribution in [1.82, 2.24) is 0 Å². The second-order valence-corrected chi connectivity index (χ2v) is 5.83. The first-order valence-corrected chi connectivity index (χ1v) is 7.39. The number of esters is 1. The molecule has 2 aromatic carbocycles. The predicted molar refractivity (Wildman–Crippen MR) is 86.0 cm³/mol. The van der Waals surface area contributed by atoms with Crippen LogP contribution in [-0.2, 0) is 10.2 Å². The highest BCUT2D eigenvalue weighted by atomic mass is 35.5. The molecule has 2 aromatic rings. The van der Waals surface area contributed by atoms with E-state index in [2.05, 4.69) is 0 Å². The van der Waals surface area contributed by atoms with Crippen LogP contribution < -0.4 is 0 Å². The Morgan fingerprint density at radius 3 is 2.54 bits per heavy atom. The zero-order valence-electron chi connectivity index (χ0n) is 13.3. The second kappa shape index (κ2) is 6.58. The first-order chi connectivity index (χ1) is 11.3. The molecule has 0 N–H and O–H groups in total. The van der Waals surface area contributed by atoms with E-state index in [4.69, 9.17) is 16.3 Å². The molecule has 124 valence electrons. The molecule has 0 saturated carbocycles. The van der Waals surface area contributed by atoms with Crippen molar-refractivity contribution >= 4 is 17.6 Å². The van der Waals surface area contributed by atoms with Crippen LogP contribution in [0.5, 0.6) is 0 Å². The summed E-state index contributed by atoms with van der Waals surface area (Å²) in [6.45, 7) is 2.84. The van der Waals surface area contributed by atoms with Gasteiger partial charge in [-0.3, -0.25) is 0 Å². The molecule has 6 heteroatoms. The van der Waals surface area contributed by atoms with Gasteiger partial charge in [0.25, 0.3) is 0 Å². The second-order valence-electron chi connectivity index (χ2n) is 5.42. The van der Waals surface area contributed by atoms with E-state index >= 15 is 0 Å². The summed E-state index contributed by atoms with van der Waals surface area (Å²) < 4.78 is 33.3. The summed E-state index contributed by atoms with van der Waals surface area (Å²) in [6, 6.07) is 8.54. The van der Waals surface area contributed by atoms with Gasteiger partial charge in [0.1, 0.15) is 17.0 Å². The minimum absolute atomic E-state index is 0.000162.